The minimum absolute atomic E-state index is 0.141. The standard InChI is InChI=1S/C21H25FN2O3S/c1-14(17-12-11-16-7-6-8-18(16)13-17)23-21(25)15(2)24(28(3,26)27)20-10-5-4-9-19(20)22/h4-5,9-15H,6-8H2,1-3H3,(H,23,25)/t14-,15-/m1/s1. The van der Waals surface area contributed by atoms with E-state index < -0.39 is 27.8 Å². The first-order valence-corrected chi connectivity index (χ1v) is 11.2. The van der Waals surface area contributed by atoms with E-state index in [0.29, 0.717) is 0 Å². The SMILES string of the molecule is C[C@H](C(=O)N[C@H](C)c1ccc2c(c1)CCC2)N(c1ccccc1F)S(C)(=O)=O. The zero-order valence-electron chi connectivity index (χ0n) is 16.3. The number of aryl methyl sites for hydroxylation is 2. The number of nitrogens with zero attached hydrogens (tertiary/aromatic N) is 1. The first kappa shape index (κ1) is 20.3. The Balaban J connectivity index is 1.81. The number of rotatable bonds is 6. The summed E-state index contributed by atoms with van der Waals surface area (Å²) in [7, 11) is -3.86. The van der Waals surface area contributed by atoms with Crippen molar-refractivity contribution in [2.75, 3.05) is 10.6 Å². The molecule has 2 aromatic carbocycles. The molecule has 0 heterocycles. The molecule has 1 N–H and O–H groups in total. The van der Waals surface area contributed by atoms with Crippen LogP contribution in [0.4, 0.5) is 10.1 Å². The van der Waals surface area contributed by atoms with Crippen molar-refractivity contribution in [3.8, 4) is 0 Å². The predicted octanol–water partition coefficient (Wildman–Crippen LogP) is 3.35. The van der Waals surface area contributed by atoms with Crippen LogP contribution < -0.4 is 9.62 Å². The van der Waals surface area contributed by atoms with Crippen molar-refractivity contribution in [2.45, 2.75) is 45.2 Å². The highest BCUT2D eigenvalue weighted by atomic mass is 32.2. The number of para-hydroxylation sites is 1. The van der Waals surface area contributed by atoms with E-state index in [1.54, 1.807) is 0 Å². The summed E-state index contributed by atoms with van der Waals surface area (Å²) in [5, 5.41) is 2.86. The van der Waals surface area contributed by atoms with Crippen molar-refractivity contribution < 1.29 is 17.6 Å². The van der Waals surface area contributed by atoms with E-state index in [1.807, 2.05) is 13.0 Å². The number of benzene rings is 2. The summed E-state index contributed by atoms with van der Waals surface area (Å²) in [5.41, 5.74) is 3.48. The maximum absolute atomic E-state index is 14.2. The lowest BCUT2D eigenvalue weighted by molar-refractivity contribution is -0.122. The van der Waals surface area contributed by atoms with E-state index >= 15 is 0 Å². The number of hydrogen-bond donors (Lipinski definition) is 1. The average Bonchev–Trinajstić information content (AvgIpc) is 3.10. The number of amides is 1. The minimum atomic E-state index is -3.86. The maximum atomic E-state index is 14.2. The highest BCUT2D eigenvalue weighted by Crippen LogP contribution is 2.27. The van der Waals surface area contributed by atoms with Gasteiger partial charge in [-0.1, -0.05) is 30.3 Å². The largest absolute Gasteiger partial charge is 0.348 e. The molecule has 1 amide bonds. The van der Waals surface area contributed by atoms with Crippen LogP contribution >= 0.6 is 0 Å². The van der Waals surface area contributed by atoms with Gasteiger partial charge in [-0.3, -0.25) is 9.10 Å². The third-order valence-electron chi connectivity index (χ3n) is 5.16. The molecule has 1 aliphatic carbocycles. The molecule has 0 bridgehead atoms. The Morgan fingerprint density at radius 3 is 2.46 bits per heavy atom. The maximum Gasteiger partial charge on any atom is 0.244 e. The number of fused-ring (bicyclic) bond motifs is 1. The van der Waals surface area contributed by atoms with E-state index in [9.17, 15) is 17.6 Å². The van der Waals surface area contributed by atoms with E-state index in [1.165, 1.54) is 42.3 Å². The summed E-state index contributed by atoms with van der Waals surface area (Å²) in [6, 6.07) is 10.3. The Labute approximate surface area is 165 Å². The zero-order valence-corrected chi connectivity index (χ0v) is 17.1. The topological polar surface area (TPSA) is 66.5 Å². The first-order valence-electron chi connectivity index (χ1n) is 9.34. The van der Waals surface area contributed by atoms with Crippen LogP contribution in [0.5, 0.6) is 0 Å². The molecule has 2 atom stereocenters. The molecule has 2 aromatic rings. The van der Waals surface area contributed by atoms with Gasteiger partial charge in [0.25, 0.3) is 0 Å². The molecule has 0 saturated carbocycles. The lowest BCUT2D eigenvalue weighted by Crippen LogP contribution is -2.48. The van der Waals surface area contributed by atoms with Crippen LogP contribution in [0.3, 0.4) is 0 Å². The van der Waals surface area contributed by atoms with Gasteiger partial charge in [0, 0.05) is 0 Å². The number of anilines is 1. The molecule has 5 nitrogen and oxygen atoms in total. The van der Waals surface area contributed by atoms with Gasteiger partial charge in [-0.15, -0.1) is 0 Å². The van der Waals surface area contributed by atoms with E-state index in [-0.39, 0.29) is 11.7 Å². The molecular weight excluding hydrogens is 379 g/mol. The summed E-state index contributed by atoms with van der Waals surface area (Å²) >= 11 is 0. The molecule has 7 heteroatoms. The predicted molar refractivity (Wildman–Crippen MR) is 108 cm³/mol. The van der Waals surface area contributed by atoms with Gasteiger partial charge in [0.1, 0.15) is 11.9 Å². The molecule has 0 fully saturated rings. The number of nitrogens with one attached hydrogen (secondary N) is 1. The molecule has 0 aliphatic heterocycles. The van der Waals surface area contributed by atoms with Crippen LogP contribution in [0.15, 0.2) is 42.5 Å². The molecule has 0 aromatic heterocycles. The summed E-state index contributed by atoms with van der Waals surface area (Å²) < 4.78 is 39.6. The molecule has 0 radical (unpaired) electrons. The van der Waals surface area contributed by atoms with Crippen molar-refractivity contribution in [3.63, 3.8) is 0 Å². The second-order valence-electron chi connectivity index (χ2n) is 7.30. The number of carbonyl (C=O) groups excluding carboxylic acids is 1. The van der Waals surface area contributed by atoms with Gasteiger partial charge in [-0.05, 0) is 61.9 Å². The Kier molecular flexibility index (Phi) is 5.74. The molecule has 3 rings (SSSR count). The molecule has 0 spiro atoms. The smallest absolute Gasteiger partial charge is 0.244 e. The monoisotopic (exact) mass is 404 g/mol. The van der Waals surface area contributed by atoms with Gasteiger partial charge >= 0.3 is 0 Å². The van der Waals surface area contributed by atoms with E-state index in [4.69, 9.17) is 0 Å². The number of sulfonamides is 1. The molecule has 28 heavy (non-hydrogen) atoms. The molecule has 0 unspecified atom stereocenters. The molecule has 150 valence electrons. The van der Waals surface area contributed by atoms with Gasteiger partial charge in [0.15, 0.2) is 0 Å². The Bertz CT molecular complexity index is 991. The van der Waals surface area contributed by atoms with Crippen LogP contribution in [0, 0.1) is 5.82 Å². The second-order valence-corrected chi connectivity index (χ2v) is 9.16. The normalized spacial score (nSPS) is 15.6. The van der Waals surface area contributed by atoms with E-state index in [2.05, 4.69) is 17.4 Å². The fourth-order valence-electron chi connectivity index (χ4n) is 3.69. The molecule has 1 aliphatic rings. The Morgan fingerprint density at radius 1 is 1.11 bits per heavy atom. The lowest BCUT2D eigenvalue weighted by atomic mass is 10.0. The average molecular weight is 405 g/mol. The number of halogens is 1. The van der Waals surface area contributed by atoms with Gasteiger partial charge in [0.2, 0.25) is 15.9 Å². The van der Waals surface area contributed by atoms with E-state index in [0.717, 1.165) is 35.4 Å². The number of hydrogen-bond acceptors (Lipinski definition) is 3. The highest BCUT2D eigenvalue weighted by molar-refractivity contribution is 7.92. The van der Waals surface area contributed by atoms with Crippen molar-refractivity contribution >= 4 is 21.6 Å². The second kappa shape index (κ2) is 7.91. The van der Waals surface area contributed by atoms with Crippen LogP contribution in [0.1, 0.15) is 43.0 Å². The summed E-state index contributed by atoms with van der Waals surface area (Å²) in [4.78, 5) is 12.8. The summed E-state index contributed by atoms with van der Waals surface area (Å²) in [5.74, 6) is -1.18. The fourth-order valence-corrected chi connectivity index (χ4v) is 4.87. The zero-order chi connectivity index (χ0) is 20.5. The van der Waals surface area contributed by atoms with Crippen LogP contribution in [0.25, 0.3) is 0 Å². The third kappa shape index (κ3) is 4.19. The van der Waals surface area contributed by atoms with Gasteiger partial charge < -0.3 is 5.32 Å². The Morgan fingerprint density at radius 2 is 1.79 bits per heavy atom. The minimum Gasteiger partial charge on any atom is -0.348 e. The van der Waals surface area contributed by atoms with Crippen molar-refractivity contribution in [1.29, 1.82) is 0 Å². The summed E-state index contributed by atoms with van der Waals surface area (Å²) in [6.45, 7) is 3.31. The van der Waals surface area contributed by atoms with Crippen LogP contribution in [-0.2, 0) is 27.7 Å². The van der Waals surface area contributed by atoms with Gasteiger partial charge in [-0.25, -0.2) is 12.8 Å². The van der Waals surface area contributed by atoms with Crippen LogP contribution in [-0.4, -0.2) is 26.6 Å². The summed E-state index contributed by atoms with van der Waals surface area (Å²) in [6.07, 6.45) is 4.23. The van der Waals surface area contributed by atoms with Crippen molar-refractivity contribution in [3.05, 3.63) is 65.0 Å². The molecular formula is C21H25FN2O3S. The molecule has 0 saturated heterocycles. The van der Waals surface area contributed by atoms with Gasteiger partial charge in [-0.2, -0.15) is 0 Å². The fraction of sp³-hybridized carbons (Fsp3) is 0.381. The number of carbonyl (C=O) groups is 1. The van der Waals surface area contributed by atoms with Gasteiger partial charge in [0.05, 0.1) is 18.0 Å². The third-order valence-corrected chi connectivity index (χ3v) is 6.39. The van der Waals surface area contributed by atoms with Crippen LogP contribution in [0.2, 0.25) is 0 Å². The first-order chi connectivity index (χ1) is 13.2. The highest BCUT2D eigenvalue weighted by Gasteiger charge is 2.31. The Hall–Kier alpha value is -2.41. The quantitative estimate of drug-likeness (QED) is 0.803. The van der Waals surface area contributed by atoms with Crippen molar-refractivity contribution in [1.82, 2.24) is 5.32 Å². The van der Waals surface area contributed by atoms with Crippen molar-refractivity contribution in [2.24, 2.45) is 0 Å². The lowest BCUT2D eigenvalue weighted by Gasteiger charge is -2.29.